The molecule has 0 bridgehead atoms. The van der Waals surface area contributed by atoms with Crippen molar-refractivity contribution in [1.29, 1.82) is 0 Å². The van der Waals surface area contributed by atoms with Crippen molar-refractivity contribution in [3.05, 3.63) is 18.2 Å². The second kappa shape index (κ2) is 10.3. The first-order chi connectivity index (χ1) is 12.5. The molecule has 1 atom stereocenters. The maximum atomic E-state index is 6.01. The first-order valence-electron chi connectivity index (χ1n) is 9.93. The third kappa shape index (κ3) is 7.72. The van der Waals surface area contributed by atoms with Crippen LogP contribution in [0.25, 0.3) is 0 Å². The van der Waals surface area contributed by atoms with Gasteiger partial charge in [0.25, 0.3) is 0 Å². The zero-order valence-corrected chi connectivity index (χ0v) is 18.6. The summed E-state index contributed by atoms with van der Waals surface area (Å²) in [6.45, 7) is 17.0. The van der Waals surface area contributed by atoms with Crippen molar-refractivity contribution in [1.82, 2.24) is 0 Å². The van der Waals surface area contributed by atoms with Gasteiger partial charge in [0.1, 0.15) is 12.5 Å². The molecule has 1 N–H and O–H groups in total. The second-order valence-electron chi connectivity index (χ2n) is 8.37. The lowest BCUT2D eigenvalue weighted by molar-refractivity contribution is 0.00846. The first-order valence-corrected chi connectivity index (χ1v) is 9.93. The minimum Gasteiger partial charge on any atom is -0.497 e. The average molecular weight is 379 g/mol. The number of benzene rings is 1. The van der Waals surface area contributed by atoms with E-state index in [0.29, 0.717) is 6.73 Å². The smallest absolute Gasteiger partial charge is 0.497 e. The van der Waals surface area contributed by atoms with Crippen molar-refractivity contribution < 1.29 is 18.8 Å². The minimum absolute atomic E-state index is 0.0233. The van der Waals surface area contributed by atoms with Gasteiger partial charge in [0.05, 0.1) is 24.4 Å². The van der Waals surface area contributed by atoms with Crippen molar-refractivity contribution in [3.63, 3.8) is 0 Å². The topological polar surface area (TPSA) is 49.0 Å². The molecule has 5 nitrogen and oxygen atoms in total. The fraction of sp³-hybridized carbons (Fsp3) is 0.714. The zero-order valence-electron chi connectivity index (χ0n) is 18.6. The van der Waals surface area contributed by atoms with E-state index in [1.807, 2.05) is 59.7 Å². The van der Waals surface area contributed by atoms with Gasteiger partial charge in [0.15, 0.2) is 0 Å². The van der Waals surface area contributed by atoms with E-state index in [9.17, 15) is 0 Å². The van der Waals surface area contributed by atoms with Crippen LogP contribution in [0.5, 0.6) is 5.75 Å². The molecule has 1 saturated heterocycles. The standard InChI is InChI=1S/C17H28BNO4.C4H10/c1-12-17(5,6)23-18(22-12)14-9-8-13(10-15(14)20-7)19-11-21-16(2,3)4;1-3-4-2/h8-10,12,19H,11H2,1-7H3;3-4H2,1-2H3. The molecule has 1 aliphatic rings. The van der Waals surface area contributed by atoms with Crippen LogP contribution in [-0.4, -0.2) is 38.3 Å². The summed E-state index contributed by atoms with van der Waals surface area (Å²) in [5.74, 6) is 0.737. The molecule has 0 aliphatic carbocycles. The molecule has 0 saturated carbocycles. The van der Waals surface area contributed by atoms with Gasteiger partial charge >= 0.3 is 7.12 Å². The summed E-state index contributed by atoms with van der Waals surface area (Å²) >= 11 is 0. The number of unbranched alkanes of at least 4 members (excludes halogenated alkanes) is 1. The lowest BCUT2D eigenvalue weighted by Crippen LogP contribution is -2.35. The third-order valence-electron chi connectivity index (χ3n) is 4.49. The summed E-state index contributed by atoms with van der Waals surface area (Å²) in [6.07, 6.45) is 2.66. The number of hydrogen-bond acceptors (Lipinski definition) is 5. The second-order valence-corrected chi connectivity index (χ2v) is 8.37. The Morgan fingerprint density at radius 1 is 1.19 bits per heavy atom. The van der Waals surface area contributed by atoms with Crippen LogP contribution >= 0.6 is 0 Å². The van der Waals surface area contributed by atoms with Crippen LogP contribution in [0.2, 0.25) is 0 Å². The number of hydrogen-bond donors (Lipinski definition) is 1. The molecular weight excluding hydrogens is 341 g/mol. The monoisotopic (exact) mass is 379 g/mol. The predicted octanol–water partition coefficient (Wildman–Crippen LogP) is 4.60. The van der Waals surface area contributed by atoms with Crippen molar-refractivity contribution in [2.45, 2.75) is 85.5 Å². The summed E-state index contributed by atoms with van der Waals surface area (Å²) < 4.78 is 23.1. The lowest BCUT2D eigenvalue weighted by Gasteiger charge is -2.21. The van der Waals surface area contributed by atoms with Crippen LogP contribution in [0, 0.1) is 0 Å². The van der Waals surface area contributed by atoms with Crippen LogP contribution in [0.3, 0.4) is 0 Å². The highest BCUT2D eigenvalue weighted by atomic mass is 16.7. The molecule has 27 heavy (non-hydrogen) atoms. The van der Waals surface area contributed by atoms with Gasteiger partial charge in [-0.2, -0.15) is 0 Å². The van der Waals surface area contributed by atoms with Crippen LogP contribution < -0.4 is 15.5 Å². The molecule has 1 fully saturated rings. The van der Waals surface area contributed by atoms with Crippen LogP contribution in [0.4, 0.5) is 5.69 Å². The van der Waals surface area contributed by atoms with Gasteiger partial charge in [0, 0.05) is 17.2 Å². The van der Waals surface area contributed by atoms with E-state index in [2.05, 4.69) is 19.2 Å². The van der Waals surface area contributed by atoms with Gasteiger partial charge in [-0.3, -0.25) is 0 Å². The molecule has 1 aliphatic heterocycles. The molecule has 0 radical (unpaired) electrons. The highest BCUT2D eigenvalue weighted by Gasteiger charge is 2.45. The molecule has 0 amide bonds. The molecule has 1 unspecified atom stereocenters. The summed E-state index contributed by atoms with van der Waals surface area (Å²) in [5, 5.41) is 3.23. The van der Waals surface area contributed by atoms with Crippen molar-refractivity contribution in [2.75, 3.05) is 19.2 Å². The van der Waals surface area contributed by atoms with Crippen LogP contribution in [-0.2, 0) is 14.0 Å². The zero-order chi connectivity index (χ0) is 20.7. The number of methoxy groups -OCH3 is 1. The molecule has 1 heterocycles. The number of rotatable bonds is 6. The van der Waals surface area contributed by atoms with Crippen molar-refractivity contribution in [3.8, 4) is 5.75 Å². The highest BCUT2D eigenvalue weighted by molar-refractivity contribution is 6.63. The van der Waals surface area contributed by atoms with Crippen molar-refractivity contribution in [2.24, 2.45) is 0 Å². The molecule has 1 aromatic rings. The maximum Gasteiger partial charge on any atom is 0.498 e. The Hall–Kier alpha value is -1.24. The van der Waals surface area contributed by atoms with Crippen LogP contribution in [0.1, 0.15) is 68.2 Å². The maximum absolute atomic E-state index is 6.01. The van der Waals surface area contributed by atoms with E-state index in [4.69, 9.17) is 18.8 Å². The minimum atomic E-state index is -0.408. The molecule has 1 aromatic carbocycles. The summed E-state index contributed by atoms with van der Waals surface area (Å²) in [5.41, 5.74) is 1.34. The van der Waals surface area contributed by atoms with E-state index in [1.54, 1.807) is 7.11 Å². The molecule has 0 aromatic heterocycles. The quantitative estimate of drug-likeness (QED) is 0.579. The van der Waals surface area contributed by atoms with Gasteiger partial charge in [-0.1, -0.05) is 32.8 Å². The van der Waals surface area contributed by atoms with Gasteiger partial charge in [-0.05, 0) is 47.6 Å². The highest BCUT2D eigenvalue weighted by Crippen LogP contribution is 2.29. The lowest BCUT2D eigenvalue weighted by atomic mass is 9.78. The van der Waals surface area contributed by atoms with Crippen molar-refractivity contribution >= 4 is 18.3 Å². The molecule has 2 rings (SSSR count). The first kappa shape index (κ1) is 23.8. The number of ether oxygens (including phenoxy) is 2. The molecule has 154 valence electrons. The fourth-order valence-electron chi connectivity index (χ4n) is 2.24. The van der Waals surface area contributed by atoms with Gasteiger partial charge in [0.2, 0.25) is 0 Å². The van der Waals surface area contributed by atoms with E-state index in [0.717, 1.165) is 16.9 Å². The summed E-state index contributed by atoms with van der Waals surface area (Å²) in [4.78, 5) is 0. The Kier molecular flexibility index (Phi) is 9.12. The summed E-state index contributed by atoms with van der Waals surface area (Å²) in [6, 6.07) is 5.88. The SMILES string of the molecule is CCCC.COc1cc(NCOC(C)(C)C)ccc1B1OC(C)C(C)(C)O1. The van der Waals surface area contributed by atoms with E-state index >= 15 is 0 Å². The van der Waals surface area contributed by atoms with E-state index in [-0.39, 0.29) is 17.3 Å². The Balaban J connectivity index is 0.000000828. The average Bonchev–Trinajstić information content (AvgIpc) is 2.86. The molecule has 6 heteroatoms. The van der Waals surface area contributed by atoms with E-state index < -0.39 is 7.12 Å². The predicted molar refractivity (Wildman–Crippen MR) is 114 cm³/mol. The largest absolute Gasteiger partial charge is 0.498 e. The Morgan fingerprint density at radius 3 is 2.26 bits per heavy atom. The Morgan fingerprint density at radius 2 is 1.81 bits per heavy atom. The van der Waals surface area contributed by atoms with E-state index in [1.165, 1.54) is 12.8 Å². The normalized spacial score (nSPS) is 18.7. The molecular formula is C21H38BNO4. The van der Waals surface area contributed by atoms with Gasteiger partial charge in [-0.15, -0.1) is 0 Å². The molecule has 0 spiro atoms. The Bertz CT molecular complexity index is 570. The van der Waals surface area contributed by atoms with Gasteiger partial charge in [-0.25, -0.2) is 0 Å². The van der Waals surface area contributed by atoms with Gasteiger partial charge < -0.3 is 24.1 Å². The van der Waals surface area contributed by atoms with Crippen LogP contribution in [0.15, 0.2) is 18.2 Å². The third-order valence-corrected chi connectivity index (χ3v) is 4.49. The summed E-state index contributed by atoms with van der Waals surface area (Å²) in [7, 11) is 1.24. The fourth-order valence-corrected chi connectivity index (χ4v) is 2.24. The number of nitrogens with one attached hydrogen (secondary N) is 1. The number of anilines is 1. The Labute approximate surface area is 166 Å².